The number of rotatable bonds is 6. The van der Waals surface area contributed by atoms with Crippen molar-refractivity contribution in [3.63, 3.8) is 0 Å². The second-order valence-corrected chi connectivity index (χ2v) is 7.58. The van der Waals surface area contributed by atoms with E-state index in [9.17, 15) is 9.59 Å². The number of hydrogen-bond donors (Lipinski definition) is 0. The number of carbonyl (C=O) groups is 2. The Morgan fingerprint density at radius 1 is 0.647 bits per heavy atom. The van der Waals surface area contributed by atoms with Crippen LogP contribution in [0.25, 0.3) is 33.0 Å². The molecule has 0 N–H and O–H groups in total. The van der Waals surface area contributed by atoms with Gasteiger partial charge in [-0.1, -0.05) is 36.4 Å². The highest BCUT2D eigenvalue weighted by molar-refractivity contribution is 6.04. The van der Waals surface area contributed by atoms with Crippen LogP contribution in [0.5, 0.6) is 17.2 Å². The molecule has 4 aromatic rings. The molecule has 0 fully saturated rings. The van der Waals surface area contributed by atoms with Gasteiger partial charge >= 0.3 is 11.9 Å². The maximum Gasteiger partial charge on any atom is 0.338 e. The summed E-state index contributed by atoms with van der Waals surface area (Å²) in [5.74, 6) is 0.646. The van der Waals surface area contributed by atoms with Gasteiger partial charge in [-0.3, -0.25) is 4.79 Å². The van der Waals surface area contributed by atoms with Gasteiger partial charge in [0.15, 0.2) is 0 Å². The van der Waals surface area contributed by atoms with Crippen molar-refractivity contribution in [3.8, 4) is 39.5 Å². The standard InChI is InChI=1S/C28H24O6/c1-17(29)34-27-15-19(28(30)33-4)13-18-14-23(20-9-5-7-11-25(20)31-2)24(16-22(18)27)21-10-6-8-12-26(21)32-3/h5-16H,1-4H3. The summed E-state index contributed by atoms with van der Waals surface area (Å²) < 4.78 is 21.7. The van der Waals surface area contributed by atoms with Crippen LogP contribution in [0.3, 0.4) is 0 Å². The number of ether oxygens (including phenoxy) is 4. The van der Waals surface area contributed by atoms with Crippen LogP contribution in [0.4, 0.5) is 0 Å². The topological polar surface area (TPSA) is 71.1 Å². The summed E-state index contributed by atoms with van der Waals surface area (Å²) in [5, 5.41) is 1.38. The highest BCUT2D eigenvalue weighted by Crippen LogP contribution is 2.44. The van der Waals surface area contributed by atoms with Gasteiger partial charge in [0.25, 0.3) is 0 Å². The molecule has 0 aliphatic heterocycles. The minimum absolute atomic E-state index is 0.271. The third kappa shape index (κ3) is 4.30. The highest BCUT2D eigenvalue weighted by Gasteiger charge is 2.20. The van der Waals surface area contributed by atoms with Crippen molar-refractivity contribution in [3.05, 3.63) is 78.4 Å². The van der Waals surface area contributed by atoms with E-state index in [1.165, 1.54) is 20.1 Å². The number of benzene rings is 4. The fourth-order valence-corrected chi connectivity index (χ4v) is 4.03. The van der Waals surface area contributed by atoms with Crippen molar-refractivity contribution in [2.24, 2.45) is 0 Å². The van der Waals surface area contributed by atoms with Crippen molar-refractivity contribution in [2.75, 3.05) is 21.3 Å². The van der Waals surface area contributed by atoms with E-state index in [1.54, 1.807) is 20.3 Å². The molecule has 6 nitrogen and oxygen atoms in total. The summed E-state index contributed by atoms with van der Waals surface area (Å²) in [6, 6.07) is 22.5. The third-order valence-electron chi connectivity index (χ3n) is 5.52. The number of carbonyl (C=O) groups excluding carboxylic acids is 2. The number of para-hydroxylation sites is 2. The van der Waals surface area contributed by atoms with Crippen LogP contribution < -0.4 is 14.2 Å². The highest BCUT2D eigenvalue weighted by atomic mass is 16.5. The molecular weight excluding hydrogens is 432 g/mol. The lowest BCUT2D eigenvalue weighted by Crippen LogP contribution is -2.06. The minimum atomic E-state index is -0.525. The van der Waals surface area contributed by atoms with E-state index in [1.807, 2.05) is 60.7 Å². The van der Waals surface area contributed by atoms with Crippen LogP contribution in [0.1, 0.15) is 17.3 Å². The molecular formula is C28H24O6. The molecule has 4 aromatic carbocycles. The number of fused-ring (bicyclic) bond motifs is 1. The second-order valence-electron chi connectivity index (χ2n) is 7.58. The zero-order valence-electron chi connectivity index (χ0n) is 19.4. The summed E-state index contributed by atoms with van der Waals surface area (Å²) in [7, 11) is 4.55. The molecule has 6 heteroatoms. The summed E-state index contributed by atoms with van der Waals surface area (Å²) >= 11 is 0. The van der Waals surface area contributed by atoms with E-state index < -0.39 is 11.9 Å². The smallest absolute Gasteiger partial charge is 0.338 e. The molecule has 0 saturated heterocycles. The predicted octanol–water partition coefficient (Wildman–Crippen LogP) is 5.90. The lowest BCUT2D eigenvalue weighted by atomic mass is 9.90. The Balaban J connectivity index is 2.12. The second kappa shape index (κ2) is 9.67. The van der Waals surface area contributed by atoms with E-state index in [0.29, 0.717) is 22.3 Å². The first-order chi connectivity index (χ1) is 16.5. The fraction of sp³-hybridized carbons (Fsp3) is 0.143. The Bertz CT molecular complexity index is 1390. The van der Waals surface area contributed by atoms with Gasteiger partial charge in [0.1, 0.15) is 17.2 Å². The maximum absolute atomic E-state index is 12.3. The van der Waals surface area contributed by atoms with Crippen LogP contribution in [0.15, 0.2) is 72.8 Å². The molecule has 0 saturated carbocycles. The lowest BCUT2D eigenvalue weighted by Gasteiger charge is -2.18. The number of methoxy groups -OCH3 is 3. The van der Waals surface area contributed by atoms with Crippen molar-refractivity contribution in [1.29, 1.82) is 0 Å². The Morgan fingerprint density at radius 3 is 1.74 bits per heavy atom. The molecule has 0 heterocycles. The summed E-state index contributed by atoms with van der Waals surface area (Å²) in [5.41, 5.74) is 3.73. The van der Waals surface area contributed by atoms with Crippen LogP contribution in [-0.2, 0) is 9.53 Å². The van der Waals surface area contributed by atoms with Gasteiger partial charge in [0.2, 0.25) is 0 Å². The number of esters is 2. The van der Waals surface area contributed by atoms with E-state index in [-0.39, 0.29) is 11.3 Å². The van der Waals surface area contributed by atoms with E-state index in [2.05, 4.69) is 0 Å². The monoisotopic (exact) mass is 456 g/mol. The average Bonchev–Trinajstić information content (AvgIpc) is 2.86. The van der Waals surface area contributed by atoms with E-state index >= 15 is 0 Å². The van der Waals surface area contributed by atoms with Gasteiger partial charge < -0.3 is 18.9 Å². The summed E-state index contributed by atoms with van der Waals surface area (Å²) in [6.45, 7) is 1.32. The van der Waals surface area contributed by atoms with Gasteiger partial charge in [-0.05, 0) is 52.9 Å². The number of hydrogen-bond acceptors (Lipinski definition) is 6. The van der Waals surface area contributed by atoms with Crippen molar-refractivity contribution in [1.82, 2.24) is 0 Å². The molecule has 0 aliphatic carbocycles. The molecule has 4 rings (SSSR count). The minimum Gasteiger partial charge on any atom is -0.496 e. The van der Waals surface area contributed by atoms with E-state index in [0.717, 1.165) is 22.3 Å². The first kappa shape index (κ1) is 22.9. The Hall–Kier alpha value is -4.32. The molecule has 0 unspecified atom stereocenters. The van der Waals surface area contributed by atoms with Gasteiger partial charge in [0, 0.05) is 23.4 Å². The fourth-order valence-electron chi connectivity index (χ4n) is 4.03. The third-order valence-corrected chi connectivity index (χ3v) is 5.52. The zero-order valence-corrected chi connectivity index (χ0v) is 19.4. The summed E-state index contributed by atoms with van der Waals surface area (Å²) in [6.07, 6.45) is 0. The van der Waals surface area contributed by atoms with Gasteiger partial charge in [-0.25, -0.2) is 4.79 Å². The lowest BCUT2D eigenvalue weighted by molar-refractivity contribution is -0.131. The van der Waals surface area contributed by atoms with Crippen molar-refractivity contribution < 1.29 is 28.5 Å². The molecule has 0 spiro atoms. The molecule has 0 radical (unpaired) electrons. The molecule has 34 heavy (non-hydrogen) atoms. The normalized spacial score (nSPS) is 10.6. The quantitative estimate of drug-likeness (QED) is 0.266. The Kier molecular flexibility index (Phi) is 6.50. The Morgan fingerprint density at radius 2 is 1.21 bits per heavy atom. The molecule has 172 valence electrons. The Labute approximate surface area is 197 Å². The largest absolute Gasteiger partial charge is 0.496 e. The van der Waals surface area contributed by atoms with Crippen LogP contribution >= 0.6 is 0 Å². The van der Waals surface area contributed by atoms with Crippen molar-refractivity contribution in [2.45, 2.75) is 6.92 Å². The average molecular weight is 456 g/mol. The van der Waals surface area contributed by atoms with Crippen LogP contribution in [0.2, 0.25) is 0 Å². The molecule has 0 bridgehead atoms. The van der Waals surface area contributed by atoms with E-state index in [4.69, 9.17) is 18.9 Å². The molecule has 0 amide bonds. The van der Waals surface area contributed by atoms with Crippen molar-refractivity contribution >= 4 is 22.7 Å². The predicted molar refractivity (Wildman–Crippen MR) is 131 cm³/mol. The van der Waals surface area contributed by atoms with Gasteiger partial charge in [0.05, 0.1) is 26.9 Å². The first-order valence-corrected chi connectivity index (χ1v) is 10.6. The zero-order chi connectivity index (χ0) is 24.2. The molecule has 0 atom stereocenters. The maximum atomic E-state index is 12.3. The van der Waals surface area contributed by atoms with Gasteiger partial charge in [-0.2, -0.15) is 0 Å². The SMILES string of the molecule is COC(=O)c1cc(OC(C)=O)c2cc(-c3ccccc3OC)c(-c3ccccc3OC)cc2c1. The summed E-state index contributed by atoms with van der Waals surface area (Å²) in [4.78, 5) is 24.2. The van der Waals surface area contributed by atoms with Crippen LogP contribution in [0, 0.1) is 0 Å². The van der Waals surface area contributed by atoms with Crippen LogP contribution in [-0.4, -0.2) is 33.3 Å². The molecule has 0 aliphatic rings. The molecule has 0 aromatic heterocycles. The van der Waals surface area contributed by atoms with Gasteiger partial charge in [-0.15, -0.1) is 0 Å². The first-order valence-electron chi connectivity index (χ1n) is 10.6.